The number of hydrogen-bond acceptors (Lipinski definition) is 4. The number of nitriles is 2. The first-order valence-electron chi connectivity index (χ1n) is 5.59. The molecule has 82 valence electrons. The number of nitrogens with one attached hydrogen (secondary N) is 1. The second kappa shape index (κ2) is 3.33. The van der Waals surface area contributed by atoms with Crippen molar-refractivity contribution in [1.82, 2.24) is 0 Å². The van der Waals surface area contributed by atoms with Gasteiger partial charge in [0.25, 0.3) is 0 Å². The summed E-state index contributed by atoms with van der Waals surface area (Å²) in [5.74, 6) is 0. The molecule has 2 aliphatic rings. The van der Waals surface area contributed by atoms with Crippen LogP contribution in [-0.4, -0.2) is 5.66 Å². The van der Waals surface area contributed by atoms with Crippen LogP contribution in [0, 0.1) is 22.7 Å². The molecule has 1 aromatic carbocycles. The molecular formula is C13H10N4. The second-order valence-corrected chi connectivity index (χ2v) is 4.45. The van der Waals surface area contributed by atoms with Crippen LogP contribution in [0.3, 0.4) is 0 Å². The molecule has 1 N–H and O–H groups in total. The second-order valence-electron chi connectivity index (χ2n) is 4.45. The minimum absolute atomic E-state index is 0.0968. The molecule has 1 saturated carbocycles. The van der Waals surface area contributed by atoms with Gasteiger partial charge in [-0.1, -0.05) is 6.07 Å². The van der Waals surface area contributed by atoms with Crippen LogP contribution in [0.1, 0.15) is 19.3 Å². The Kier molecular flexibility index (Phi) is 1.93. The van der Waals surface area contributed by atoms with E-state index in [1.165, 1.54) is 6.42 Å². The van der Waals surface area contributed by atoms with Gasteiger partial charge in [-0.2, -0.15) is 10.5 Å². The van der Waals surface area contributed by atoms with Gasteiger partial charge in [0, 0.05) is 5.22 Å². The lowest BCUT2D eigenvalue weighted by atomic mass is 9.86. The first-order chi connectivity index (χ1) is 8.26. The van der Waals surface area contributed by atoms with E-state index < -0.39 is 0 Å². The standard InChI is InChI=1S/C13H10N4/c14-7-10(8-15)9-2-3-11-12(6-9)17-13(16-11)4-1-5-13/h2-3,6,17H,1,4-5H2. The molecule has 1 aliphatic heterocycles. The zero-order valence-electron chi connectivity index (χ0n) is 9.20. The number of fused-ring (bicyclic) bond motifs is 1. The third kappa shape index (κ3) is 1.38. The lowest BCUT2D eigenvalue weighted by Gasteiger charge is -2.36. The molecule has 17 heavy (non-hydrogen) atoms. The largest absolute Gasteiger partial charge is 0.360 e. The van der Waals surface area contributed by atoms with Crippen LogP contribution in [0.2, 0.25) is 0 Å². The van der Waals surface area contributed by atoms with E-state index in [2.05, 4.69) is 10.3 Å². The lowest BCUT2D eigenvalue weighted by molar-refractivity contribution is 0.294. The summed E-state index contributed by atoms with van der Waals surface area (Å²) in [7, 11) is 0. The molecule has 4 nitrogen and oxygen atoms in total. The molecule has 1 spiro atoms. The zero-order valence-corrected chi connectivity index (χ0v) is 9.20. The maximum absolute atomic E-state index is 8.83. The van der Waals surface area contributed by atoms with E-state index in [-0.39, 0.29) is 11.2 Å². The Labute approximate surface area is 98.5 Å². The molecule has 1 aromatic rings. The van der Waals surface area contributed by atoms with Crippen molar-refractivity contribution in [2.45, 2.75) is 24.9 Å². The maximum atomic E-state index is 8.83. The van der Waals surface area contributed by atoms with Crippen LogP contribution in [0.15, 0.2) is 23.2 Å². The summed E-state index contributed by atoms with van der Waals surface area (Å²) in [6.07, 6.45) is 3.32. The molecule has 1 aliphatic carbocycles. The van der Waals surface area contributed by atoms with Crippen molar-refractivity contribution in [3.8, 4) is 12.1 Å². The summed E-state index contributed by atoms with van der Waals surface area (Å²) < 4.78 is 0. The minimum Gasteiger partial charge on any atom is -0.360 e. The quantitative estimate of drug-likeness (QED) is 0.706. The van der Waals surface area contributed by atoms with Gasteiger partial charge in [-0.05, 0) is 31.4 Å². The summed E-state index contributed by atoms with van der Waals surface area (Å²) in [5, 5.41) is 22.7. The van der Waals surface area contributed by atoms with Crippen LogP contribution in [0.5, 0.6) is 0 Å². The van der Waals surface area contributed by atoms with E-state index in [4.69, 9.17) is 10.5 Å². The van der Waals surface area contributed by atoms with E-state index in [0.29, 0.717) is 5.22 Å². The fourth-order valence-corrected chi connectivity index (χ4v) is 2.30. The van der Waals surface area contributed by atoms with Crippen LogP contribution >= 0.6 is 0 Å². The smallest absolute Gasteiger partial charge is 0.136 e. The highest BCUT2D eigenvalue weighted by molar-refractivity contribution is 5.73. The van der Waals surface area contributed by atoms with Crippen LogP contribution in [0.4, 0.5) is 5.69 Å². The van der Waals surface area contributed by atoms with Crippen molar-refractivity contribution in [3.63, 3.8) is 0 Å². The number of hydrogen-bond donors (Lipinski definition) is 1. The van der Waals surface area contributed by atoms with E-state index in [1.54, 1.807) is 6.07 Å². The number of anilines is 1. The molecule has 0 unspecified atom stereocenters. The van der Waals surface area contributed by atoms with E-state index in [9.17, 15) is 0 Å². The predicted octanol–water partition coefficient (Wildman–Crippen LogP) is 0.810. The fourth-order valence-electron chi connectivity index (χ4n) is 2.30. The van der Waals surface area contributed by atoms with Crippen molar-refractivity contribution in [2.75, 3.05) is 5.32 Å². The van der Waals surface area contributed by atoms with Gasteiger partial charge in [-0.3, -0.25) is 4.99 Å². The van der Waals surface area contributed by atoms with Crippen molar-refractivity contribution >= 4 is 11.3 Å². The Hall–Kier alpha value is -2.33. The number of benzene rings is 1. The molecule has 0 amide bonds. The lowest BCUT2D eigenvalue weighted by Crippen LogP contribution is -2.40. The Morgan fingerprint density at radius 3 is 2.65 bits per heavy atom. The van der Waals surface area contributed by atoms with Gasteiger partial charge < -0.3 is 5.32 Å². The number of nitrogens with zero attached hydrogens (tertiary/aromatic N) is 3. The van der Waals surface area contributed by atoms with Crippen LogP contribution in [0.25, 0.3) is 5.57 Å². The predicted molar refractivity (Wildman–Crippen MR) is 62.1 cm³/mol. The van der Waals surface area contributed by atoms with Crippen molar-refractivity contribution in [1.29, 1.82) is 10.5 Å². The van der Waals surface area contributed by atoms with Gasteiger partial charge in [-0.25, -0.2) is 0 Å². The molecule has 0 saturated heterocycles. The van der Waals surface area contributed by atoms with Gasteiger partial charge in [-0.15, -0.1) is 0 Å². The third-order valence-electron chi connectivity index (χ3n) is 3.39. The van der Waals surface area contributed by atoms with Crippen LogP contribution < -0.4 is 15.9 Å². The molecule has 1 fully saturated rings. The highest BCUT2D eigenvalue weighted by Gasteiger charge is 2.39. The molecule has 4 heteroatoms. The normalized spacial score (nSPS) is 18.0. The van der Waals surface area contributed by atoms with Gasteiger partial charge in [0.2, 0.25) is 0 Å². The molecule has 0 radical (unpaired) electrons. The monoisotopic (exact) mass is 222 g/mol. The average molecular weight is 222 g/mol. The number of rotatable bonds is 0. The fraction of sp³-hybridized carbons (Fsp3) is 0.308. The minimum atomic E-state index is -0.0968. The maximum Gasteiger partial charge on any atom is 0.136 e. The Bertz CT molecular complexity index is 668. The molecule has 0 aromatic heterocycles. The van der Waals surface area contributed by atoms with Gasteiger partial charge in [0.15, 0.2) is 0 Å². The topological polar surface area (TPSA) is 72.0 Å². The highest BCUT2D eigenvalue weighted by atomic mass is 15.2. The van der Waals surface area contributed by atoms with Gasteiger partial charge in [0.05, 0.1) is 11.0 Å². The summed E-state index contributed by atoms with van der Waals surface area (Å²) in [6, 6.07) is 9.31. The first kappa shape index (κ1) is 9.86. The zero-order chi connectivity index (χ0) is 11.9. The van der Waals surface area contributed by atoms with E-state index in [0.717, 1.165) is 23.9 Å². The summed E-state index contributed by atoms with van der Waals surface area (Å²) in [4.78, 5) is 4.65. The Morgan fingerprint density at radius 2 is 2.06 bits per heavy atom. The highest BCUT2D eigenvalue weighted by Crippen LogP contribution is 2.37. The van der Waals surface area contributed by atoms with Crippen LogP contribution in [-0.2, 0) is 0 Å². The first-order valence-corrected chi connectivity index (χ1v) is 5.59. The summed E-state index contributed by atoms with van der Waals surface area (Å²) in [5.41, 5.74) is 0.981. The molecule has 0 atom stereocenters. The summed E-state index contributed by atoms with van der Waals surface area (Å²) in [6.45, 7) is 0. The van der Waals surface area contributed by atoms with E-state index in [1.807, 2.05) is 24.3 Å². The molecule has 1 heterocycles. The third-order valence-corrected chi connectivity index (χ3v) is 3.39. The van der Waals surface area contributed by atoms with Crippen molar-refractivity contribution in [2.24, 2.45) is 4.99 Å². The SMILES string of the molecule is N#CC(C#N)=c1ccc2c(c1)NC1(CCC1)N=2. The Balaban J connectivity index is 2.14. The van der Waals surface area contributed by atoms with Crippen molar-refractivity contribution < 1.29 is 0 Å². The molecular weight excluding hydrogens is 212 g/mol. The van der Waals surface area contributed by atoms with E-state index >= 15 is 0 Å². The van der Waals surface area contributed by atoms with Gasteiger partial charge >= 0.3 is 0 Å². The summed E-state index contributed by atoms with van der Waals surface area (Å²) >= 11 is 0. The van der Waals surface area contributed by atoms with Crippen molar-refractivity contribution in [3.05, 3.63) is 28.8 Å². The Morgan fingerprint density at radius 1 is 1.29 bits per heavy atom. The molecule has 0 bridgehead atoms. The molecule has 3 rings (SSSR count). The average Bonchev–Trinajstić information content (AvgIpc) is 2.69. The van der Waals surface area contributed by atoms with Gasteiger partial charge in [0.1, 0.15) is 23.4 Å².